The quantitative estimate of drug-likeness (QED) is 0.691. The number of nitrogens with zero attached hydrogens (tertiary/aromatic N) is 6. The van der Waals surface area contributed by atoms with Crippen LogP contribution in [0.15, 0.2) is 24.4 Å². The van der Waals surface area contributed by atoms with E-state index < -0.39 is 0 Å². The molecule has 4 rings (SSSR count). The molecule has 0 aliphatic carbocycles. The second-order valence-electron chi connectivity index (χ2n) is 7.07. The molecule has 0 saturated carbocycles. The van der Waals surface area contributed by atoms with Gasteiger partial charge in [-0.05, 0) is 38.3 Å². The van der Waals surface area contributed by atoms with E-state index in [9.17, 15) is 0 Å². The number of anilines is 1. The number of aryl methyl sites for hydroxylation is 2. The second-order valence-corrected chi connectivity index (χ2v) is 7.07. The smallest absolute Gasteiger partial charge is 0.182 e. The van der Waals surface area contributed by atoms with Crippen LogP contribution >= 0.6 is 0 Å². The maximum Gasteiger partial charge on any atom is 0.182 e. The first-order chi connectivity index (χ1) is 13.2. The minimum Gasteiger partial charge on any atom is -0.376 e. The van der Waals surface area contributed by atoms with Crippen molar-refractivity contribution in [3.8, 4) is 11.5 Å². The van der Waals surface area contributed by atoms with Crippen molar-refractivity contribution in [2.45, 2.75) is 39.2 Å². The van der Waals surface area contributed by atoms with Gasteiger partial charge in [-0.15, -0.1) is 0 Å². The molecule has 0 spiro atoms. The highest BCUT2D eigenvalue weighted by Crippen LogP contribution is 2.31. The van der Waals surface area contributed by atoms with Crippen LogP contribution in [0.4, 0.5) is 5.82 Å². The molecule has 3 aromatic rings. The molecule has 27 heavy (non-hydrogen) atoms. The zero-order valence-corrected chi connectivity index (χ0v) is 16.2. The number of rotatable bonds is 5. The van der Waals surface area contributed by atoms with Crippen molar-refractivity contribution in [2.75, 3.05) is 24.6 Å². The van der Waals surface area contributed by atoms with E-state index >= 15 is 0 Å². The molecule has 1 fully saturated rings. The normalized spacial score (nSPS) is 17.6. The molecular formula is C20H26N6O. The monoisotopic (exact) mass is 366 g/mol. The summed E-state index contributed by atoms with van der Waals surface area (Å²) in [6.07, 6.45) is 5.26. The number of ether oxygens (including phenoxy) is 1. The molecule has 1 aliphatic rings. The number of pyridine rings is 1. The molecular weight excluding hydrogens is 340 g/mol. The van der Waals surface area contributed by atoms with Gasteiger partial charge in [0.15, 0.2) is 11.5 Å². The average molecular weight is 366 g/mol. The molecule has 3 aromatic heterocycles. The Morgan fingerprint density at radius 3 is 2.93 bits per heavy atom. The van der Waals surface area contributed by atoms with Gasteiger partial charge in [0.2, 0.25) is 0 Å². The molecule has 7 nitrogen and oxygen atoms in total. The van der Waals surface area contributed by atoms with Crippen molar-refractivity contribution in [1.29, 1.82) is 0 Å². The van der Waals surface area contributed by atoms with Crippen LogP contribution in [-0.2, 0) is 11.8 Å². The van der Waals surface area contributed by atoms with Gasteiger partial charge in [0, 0.05) is 32.9 Å². The lowest BCUT2D eigenvalue weighted by molar-refractivity contribution is 0.0439. The minimum absolute atomic E-state index is 0.249. The summed E-state index contributed by atoms with van der Waals surface area (Å²) in [5.41, 5.74) is 2.57. The van der Waals surface area contributed by atoms with Gasteiger partial charge in [0.1, 0.15) is 11.5 Å². The summed E-state index contributed by atoms with van der Waals surface area (Å²) >= 11 is 0. The summed E-state index contributed by atoms with van der Waals surface area (Å²) < 4.78 is 7.86. The van der Waals surface area contributed by atoms with Gasteiger partial charge in [0.05, 0.1) is 17.2 Å². The van der Waals surface area contributed by atoms with Crippen molar-refractivity contribution < 1.29 is 4.74 Å². The van der Waals surface area contributed by atoms with Gasteiger partial charge in [-0.3, -0.25) is 9.67 Å². The largest absolute Gasteiger partial charge is 0.376 e. The first-order valence-electron chi connectivity index (χ1n) is 9.66. The molecule has 1 unspecified atom stereocenters. The molecule has 7 heteroatoms. The Hall–Kier alpha value is -2.54. The Balaban J connectivity index is 1.78. The number of fused-ring (bicyclic) bond motifs is 1. The molecule has 0 N–H and O–H groups in total. The van der Waals surface area contributed by atoms with E-state index in [0.717, 1.165) is 67.2 Å². The molecule has 0 bridgehead atoms. The lowest BCUT2D eigenvalue weighted by Gasteiger charge is -2.34. The molecule has 1 saturated heterocycles. The summed E-state index contributed by atoms with van der Waals surface area (Å²) in [5, 5.41) is 5.61. The highest BCUT2D eigenvalue weighted by atomic mass is 16.5. The Morgan fingerprint density at radius 2 is 2.15 bits per heavy atom. The number of piperidine rings is 1. The topological polar surface area (TPSA) is 69.0 Å². The molecule has 1 atom stereocenters. The standard InChI is InChI=1S/C20H26N6O/c1-4-12-27-15-8-7-11-26(13-15)20-17-14(2)24-25(3)19(17)22-18(23-20)16-9-5-6-10-21-16/h5-6,9-10,15H,4,7-8,11-13H2,1-3H3. The molecule has 0 amide bonds. The fourth-order valence-corrected chi connectivity index (χ4v) is 3.71. The fourth-order valence-electron chi connectivity index (χ4n) is 3.71. The number of hydrogen-bond donors (Lipinski definition) is 0. The first-order valence-corrected chi connectivity index (χ1v) is 9.66. The van der Waals surface area contributed by atoms with Gasteiger partial charge in [-0.25, -0.2) is 9.97 Å². The van der Waals surface area contributed by atoms with Crippen molar-refractivity contribution in [1.82, 2.24) is 24.7 Å². The van der Waals surface area contributed by atoms with Gasteiger partial charge < -0.3 is 9.64 Å². The van der Waals surface area contributed by atoms with Crippen molar-refractivity contribution >= 4 is 16.9 Å². The molecule has 4 heterocycles. The van der Waals surface area contributed by atoms with Gasteiger partial charge >= 0.3 is 0 Å². The molecule has 0 radical (unpaired) electrons. The predicted molar refractivity (Wildman–Crippen MR) is 106 cm³/mol. The molecule has 142 valence electrons. The van der Waals surface area contributed by atoms with E-state index in [4.69, 9.17) is 14.7 Å². The zero-order valence-electron chi connectivity index (χ0n) is 16.2. The van der Waals surface area contributed by atoms with Crippen LogP contribution in [0.1, 0.15) is 31.9 Å². The van der Waals surface area contributed by atoms with E-state index in [-0.39, 0.29) is 6.10 Å². The van der Waals surface area contributed by atoms with Crippen LogP contribution < -0.4 is 4.90 Å². The highest BCUT2D eigenvalue weighted by molar-refractivity contribution is 5.91. The maximum atomic E-state index is 6.03. The lowest BCUT2D eigenvalue weighted by Crippen LogP contribution is -2.40. The van der Waals surface area contributed by atoms with Crippen LogP contribution in [0, 0.1) is 6.92 Å². The Morgan fingerprint density at radius 1 is 1.26 bits per heavy atom. The third-order valence-corrected chi connectivity index (χ3v) is 4.97. The third kappa shape index (κ3) is 3.51. The Bertz CT molecular complexity index is 923. The van der Waals surface area contributed by atoms with Crippen molar-refractivity contribution in [3.05, 3.63) is 30.1 Å². The van der Waals surface area contributed by atoms with Crippen molar-refractivity contribution in [2.24, 2.45) is 7.05 Å². The summed E-state index contributed by atoms with van der Waals surface area (Å²) in [4.78, 5) is 16.5. The van der Waals surface area contributed by atoms with Gasteiger partial charge in [0.25, 0.3) is 0 Å². The summed E-state index contributed by atoms with van der Waals surface area (Å²) in [7, 11) is 1.93. The third-order valence-electron chi connectivity index (χ3n) is 4.97. The summed E-state index contributed by atoms with van der Waals surface area (Å²) in [6, 6.07) is 5.80. The van der Waals surface area contributed by atoms with E-state index in [0.29, 0.717) is 5.82 Å². The van der Waals surface area contributed by atoms with E-state index in [2.05, 4.69) is 21.9 Å². The minimum atomic E-state index is 0.249. The number of aromatic nitrogens is 5. The van der Waals surface area contributed by atoms with Crippen LogP contribution in [0.25, 0.3) is 22.6 Å². The Labute approximate surface area is 159 Å². The van der Waals surface area contributed by atoms with E-state index in [1.807, 2.05) is 36.9 Å². The van der Waals surface area contributed by atoms with Gasteiger partial charge in [-0.1, -0.05) is 13.0 Å². The van der Waals surface area contributed by atoms with Crippen LogP contribution in [0.3, 0.4) is 0 Å². The van der Waals surface area contributed by atoms with E-state index in [1.165, 1.54) is 0 Å². The molecule has 1 aliphatic heterocycles. The fraction of sp³-hybridized carbons (Fsp3) is 0.500. The zero-order chi connectivity index (χ0) is 18.8. The van der Waals surface area contributed by atoms with Crippen molar-refractivity contribution in [3.63, 3.8) is 0 Å². The van der Waals surface area contributed by atoms with Crippen LogP contribution in [0.2, 0.25) is 0 Å². The van der Waals surface area contributed by atoms with Gasteiger partial charge in [-0.2, -0.15) is 5.10 Å². The molecule has 0 aromatic carbocycles. The average Bonchev–Trinajstić information content (AvgIpc) is 3.00. The predicted octanol–water partition coefficient (Wildman–Crippen LogP) is 3.13. The maximum absolute atomic E-state index is 6.03. The second kappa shape index (κ2) is 7.60. The first kappa shape index (κ1) is 17.9. The summed E-state index contributed by atoms with van der Waals surface area (Å²) in [5.74, 6) is 1.58. The summed E-state index contributed by atoms with van der Waals surface area (Å²) in [6.45, 7) is 6.79. The van der Waals surface area contributed by atoms with Crippen LogP contribution in [0.5, 0.6) is 0 Å². The SMILES string of the molecule is CCCOC1CCCN(c2nc(-c3ccccn3)nc3c2c(C)nn3C)C1. The lowest BCUT2D eigenvalue weighted by atomic mass is 10.1. The highest BCUT2D eigenvalue weighted by Gasteiger charge is 2.26. The number of hydrogen-bond acceptors (Lipinski definition) is 6. The Kier molecular flexibility index (Phi) is 5.03. The van der Waals surface area contributed by atoms with E-state index in [1.54, 1.807) is 6.20 Å². The van der Waals surface area contributed by atoms with Crippen LogP contribution in [-0.4, -0.2) is 50.5 Å².